The molecule has 6 heteroatoms. The number of hydrogen-bond acceptors (Lipinski definition) is 5. The highest BCUT2D eigenvalue weighted by molar-refractivity contribution is 9.10. The van der Waals surface area contributed by atoms with Crippen molar-refractivity contribution in [2.75, 3.05) is 13.7 Å². The van der Waals surface area contributed by atoms with Gasteiger partial charge >= 0.3 is 5.97 Å². The zero-order valence-corrected chi connectivity index (χ0v) is 14.6. The first-order valence-electron chi connectivity index (χ1n) is 6.76. The first kappa shape index (κ1) is 18.1. The van der Waals surface area contributed by atoms with Crippen LogP contribution in [0.4, 0.5) is 0 Å². The highest BCUT2D eigenvalue weighted by atomic mass is 79.9. The van der Waals surface area contributed by atoms with E-state index in [9.17, 15) is 4.79 Å². The summed E-state index contributed by atoms with van der Waals surface area (Å²) in [7, 11) is 1.52. The van der Waals surface area contributed by atoms with Crippen molar-refractivity contribution in [1.29, 1.82) is 5.26 Å². The first-order chi connectivity index (χ1) is 10.4. The molecular weight excluding hydrogens is 350 g/mol. The van der Waals surface area contributed by atoms with Crippen LogP contribution in [0.1, 0.15) is 26.3 Å². The summed E-state index contributed by atoms with van der Waals surface area (Å²) in [6, 6.07) is 5.29. The van der Waals surface area contributed by atoms with E-state index < -0.39 is 5.97 Å². The van der Waals surface area contributed by atoms with Crippen molar-refractivity contribution in [3.05, 3.63) is 27.7 Å². The molecule has 0 unspecified atom stereocenters. The second-order valence-corrected chi connectivity index (χ2v) is 5.45. The second-order valence-electron chi connectivity index (χ2n) is 4.59. The van der Waals surface area contributed by atoms with Crippen LogP contribution in [-0.2, 0) is 9.53 Å². The van der Waals surface area contributed by atoms with Gasteiger partial charge in [-0.1, -0.05) is 0 Å². The Morgan fingerprint density at radius 3 is 2.64 bits per heavy atom. The summed E-state index contributed by atoms with van der Waals surface area (Å²) < 4.78 is 16.5. The molecule has 0 aliphatic heterocycles. The van der Waals surface area contributed by atoms with E-state index in [1.165, 1.54) is 13.2 Å². The lowest BCUT2D eigenvalue weighted by atomic mass is 10.1. The van der Waals surface area contributed by atoms with E-state index in [1.807, 2.05) is 13.0 Å². The number of benzene rings is 1. The number of carbonyl (C=O) groups excluding carboxylic acids is 1. The maximum absolute atomic E-state index is 11.8. The third-order valence-corrected chi connectivity index (χ3v) is 3.12. The summed E-state index contributed by atoms with van der Waals surface area (Å²) in [5.74, 6) is 0.434. The molecule has 0 atom stereocenters. The minimum absolute atomic E-state index is 0.0770. The highest BCUT2D eigenvalue weighted by Gasteiger charge is 2.15. The van der Waals surface area contributed by atoms with Crippen LogP contribution in [0.3, 0.4) is 0 Å². The number of ether oxygens (including phenoxy) is 3. The molecule has 0 bridgehead atoms. The van der Waals surface area contributed by atoms with Gasteiger partial charge in [-0.3, -0.25) is 0 Å². The molecule has 0 spiro atoms. The third-order valence-electron chi connectivity index (χ3n) is 2.53. The number of nitriles is 1. The van der Waals surface area contributed by atoms with Crippen LogP contribution in [0.5, 0.6) is 11.5 Å². The van der Waals surface area contributed by atoms with Crippen molar-refractivity contribution in [3.8, 4) is 17.6 Å². The molecule has 0 saturated heterocycles. The third kappa shape index (κ3) is 4.78. The number of methoxy groups -OCH3 is 1. The van der Waals surface area contributed by atoms with Crippen LogP contribution in [0.15, 0.2) is 22.2 Å². The average Bonchev–Trinajstić information content (AvgIpc) is 2.46. The van der Waals surface area contributed by atoms with Gasteiger partial charge in [-0.25, -0.2) is 4.79 Å². The molecule has 0 saturated carbocycles. The number of carbonyl (C=O) groups is 1. The molecule has 118 valence electrons. The number of hydrogen-bond donors (Lipinski definition) is 0. The molecule has 0 heterocycles. The fraction of sp³-hybridized carbons (Fsp3) is 0.375. The van der Waals surface area contributed by atoms with E-state index in [4.69, 9.17) is 19.5 Å². The van der Waals surface area contributed by atoms with Crippen molar-refractivity contribution >= 4 is 28.0 Å². The molecular formula is C16H18BrNO4. The van der Waals surface area contributed by atoms with E-state index in [-0.39, 0.29) is 11.7 Å². The van der Waals surface area contributed by atoms with Crippen molar-refractivity contribution in [1.82, 2.24) is 0 Å². The predicted octanol–water partition coefficient (Wildman–Crippen LogP) is 3.71. The lowest BCUT2D eigenvalue weighted by Gasteiger charge is -2.12. The molecule has 0 radical (unpaired) electrons. The lowest BCUT2D eigenvalue weighted by Crippen LogP contribution is -2.12. The van der Waals surface area contributed by atoms with Crippen molar-refractivity contribution in [2.24, 2.45) is 0 Å². The van der Waals surface area contributed by atoms with Gasteiger partial charge in [0, 0.05) is 0 Å². The van der Waals surface area contributed by atoms with E-state index in [2.05, 4.69) is 15.9 Å². The Kier molecular flexibility index (Phi) is 6.93. The summed E-state index contributed by atoms with van der Waals surface area (Å²) in [6.07, 6.45) is 1.17. The molecule has 0 fully saturated rings. The Bertz CT molecular complexity index is 617. The smallest absolute Gasteiger partial charge is 0.349 e. The zero-order valence-electron chi connectivity index (χ0n) is 13.0. The second kappa shape index (κ2) is 8.44. The van der Waals surface area contributed by atoms with Gasteiger partial charge in [0.05, 0.1) is 24.3 Å². The standard InChI is InChI=1S/C16H18BrNO4/c1-5-21-15-13(17)7-11(8-14(15)20-4)6-12(9-18)16(19)22-10(2)3/h6-8,10H,5H2,1-4H3/b12-6+. The quantitative estimate of drug-likeness (QED) is 0.435. The molecule has 5 nitrogen and oxygen atoms in total. The minimum Gasteiger partial charge on any atom is -0.493 e. The Labute approximate surface area is 138 Å². The van der Waals surface area contributed by atoms with Crippen LogP contribution in [0.25, 0.3) is 6.08 Å². The Hall–Kier alpha value is -2.00. The van der Waals surface area contributed by atoms with Crippen LogP contribution in [0, 0.1) is 11.3 Å². The summed E-state index contributed by atoms with van der Waals surface area (Å²) in [5.41, 5.74) is 0.552. The molecule has 22 heavy (non-hydrogen) atoms. The summed E-state index contributed by atoms with van der Waals surface area (Å²) in [6.45, 7) is 5.82. The maximum atomic E-state index is 11.8. The summed E-state index contributed by atoms with van der Waals surface area (Å²) in [4.78, 5) is 11.8. The van der Waals surface area contributed by atoms with Crippen molar-refractivity contribution in [3.63, 3.8) is 0 Å². The predicted molar refractivity (Wildman–Crippen MR) is 86.7 cm³/mol. The fourth-order valence-corrected chi connectivity index (χ4v) is 2.26. The number of esters is 1. The number of nitrogens with zero attached hydrogens (tertiary/aromatic N) is 1. The van der Waals surface area contributed by atoms with Crippen LogP contribution in [0.2, 0.25) is 0 Å². The van der Waals surface area contributed by atoms with E-state index in [1.54, 1.807) is 26.0 Å². The normalized spacial score (nSPS) is 11.0. The van der Waals surface area contributed by atoms with Crippen LogP contribution < -0.4 is 9.47 Å². The number of halogens is 1. The largest absolute Gasteiger partial charge is 0.493 e. The monoisotopic (exact) mass is 367 g/mol. The number of rotatable bonds is 6. The Balaban J connectivity index is 3.21. The minimum atomic E-state index is -0.651. The van der Waals surface area contributed by atoms with Gasteiger partial charge in [0.1, 0.15) is 11.6 Å². The van der Waals surface area contributed by atoms with Crippen molar-refractivity contribution in [2.45, 2.75) is 26.9 Å². The van der Waals surface area contributed by atoms with Crippen molar-refractivity contribution < 1.29 is 19.0 Å². The molecule has 1 aromatic rings. The van der Waals surface area contributed by atoms with Crippen LogP contribution in [-0.4, -0.2) is 25.8 Å². The molecule has 0 N–H and O–H groups in total. The molecule has 0 amide bonds. The maximum Gasteiger partial charge on any atom is 0.349 e. The van der Waals surface area contributed by atoms with E-state index >= 15 is 0 Å². The first-order valence-corrected chi connectivity index (χ1v) is 7.55. The SMILES string of the molecule is CCOc1c(Br)cc(/C=C(\C#N)C(=O)OC(C)C)cc1OC. The molecule has 0 aromatic heterocycles. The Morgan fingerprint density at radius 2 is 2.14 bits per heavy atom. The zero-order chi connectivity index (χ0) is 16.7. The van der Waals surface area contributed by atoms with Gasteiger partial charge in [0.25, 0.3) is 0 Å². The fourth-order valence-electron chi connectivity index (χ4n) is 1.69. The van der Waals surface area contributed by atoms with Crippen LogP contribution >= 0.6 is 15.9 Å². The summed E-state index contributed by atoms with van der Waals surface area (Å²) >= 11 is 3.40. The van der Waals surface area contributed by atoms with E-state index in [0.717, 1.165) is 0 Å². The molecule has 0 aliphatic carbocycles. The van der Waals surface area contributed by atoms with Gasteiger partial charge in [0.15, 0.2) is 11.5 Å². The lowest BCUT2D eigenvalue weighted by molar-refractivity contribution is -0.142. The van der Waals surface area contributed by atoms with Gasteiger partial charge in [-0.2, -0.15) is 5.26 Å². The van der Waals surface area contributed by atoms with E-state index in [0.29, 0.717) is 28.1 Å². The van der Waals surface area contributed by atoms with Gasteiger partial charge in [0.2, 0.25) is 0 Å². The summed E-state index contributed by atoms with van der Waals surface area (Å²) in [5, 5.41) is 9.12. The molecule has 0 aliphatic rings. The Morgan fingerprint density at radius 1 is 1.45 bits per heavy atom. The van der Waals surface area contributed by atoms with Gasteiger partial charge in [-0.15, -0.1) is 0 Å². The molecule has 1 aromatic carbocycles. The van der Waals surface area contributed by atoms with Gasteiger partial charge < -0.3 is 14.2 Å². The average molecular weight is 368 g/mol. The topological polar surface area (TPSA) is 68.5 Å². The highest BCUT2D eigenvalue weighted by Crippen LogP contribution is 2.37. The van der Waals surface area contributed by atoms with Gasteiger partial charge in [-0.05, 0) is 60.5 Å². The molecule has 1 rings (SSSR count).